The van der Waals surface area contributed by atoms with Crippen LogP contribution < -0.4 is 9.55 Å². The number of hydrogen-bond donors (Lipinski definition) is 0. The van der Waals surface area contributed by atoms with Crippen molar-refractivity contribution in [3.63, 3.8) is 0 Å². The molecule has 7 rings (SSSR count). The largest absolute Gasteiger partial charge is 0.468 e. The van der Waals surface area contributed by atoms with Gasteiger partial charge in [0.2, 0.25) is 11.4 Å². The van der Waals surface area contributed by atoms with E-state index in [4.69, 9.17) is 20.6 Å². The van der Waals surface area contributed by atoms with Crippen molar-refractivity contribution in [3.8, 4) is 11.1 Å². The maximum absolute atomic E-state index is 14.6. The van der Waals surface area contributed by atoms with E-state index in [9.17, 15) is 13.2 Å². The molecule has 1 aliphatic heterocycles. The number of aryl methyl sites for hydroxylation is 1. The lowest BCUT2D eigenvalue weighted by molar-refractivity contribution is 0.0640. The Morgan fingerprint density at radius 1 is 0.872 bits per heavy atom. The van der Waals surface area contributed by atoms with Gasteiger partial charge in [0.05, 0.1) is 34.1 Å². The number of aromatic nitrogens is 2. The molecule has 236 valence electrons. The van der Waals surface area contributed by atoms with Gasteiger partial charge in [0, 0.05) is 37.4 Å². The molecule has 0 saturated heterocycles. The van der Waals surface area contributed by atoms with E-state index in [1.807, 2.05) is 55.5 Å². The smallest absolute Gasteiger partial charge is 0.384 e. The number of amides is 2. The molecule has 1 aliphatic rings. The Kier molecular flexibility index (Phi) is 7.78. The predicted octanol–water partition coefficient (Wildman–Crippen LogP) is 8.13. The summed E-state index contributed by atoms with van der Waals surface area (Å²) in [6.45, 7) is 2.31. The first kappa shape index (κ1) is 30.9. The molecule has 1 unspecified atom stereocenters. The Morgan fingerprint density at radius 3 is 2.40 bits per heavy atom. The van der Waals surface area contributed by atoms with Crippen LogP contribution >= 0.6 is 11.6 Å². The second-order valence-corrected chi connectivity index (χ2v) is 13.4. The predicted molar refractivity (Wildman–Crippen MR) is 184 cm³/mol. The number of quaternary nitrogens is 1. The minimum Gasteiger partial charge on any atom is -0.384 e. The van der Waals surface area contributed by atoms with E-state index in [-0.39, 0.29) is 21.3 Å². The molecule has 2 amide bonds. The van der Waals surface area contributed by atoms with Crippen LogP contribution in [0.4, 0.5) is 21.9 Å². The third kappa shape index (κ3) is 5.24. The number of nitrogens with zero attached hydrogens (tertiary/aromatic N) is 4. The van der Waals surface area contributed by atoms with E-state index >= 15 is 0 Å². The molecule has 9 nitrogen and oxygen atoms in total. The number of hydroxylamine groups is 1. The van der Waals surface area contributed by atoms with Crippen molar-refractivity contribution < 1.29 is 22.2 Å². The number of hydrogen-bond acceptors (Lipinski definition) is 7. The summed E-state index contributed by atoms with van der Waals surface area (Å²) in [4.78, 5) is 25.1. The van der Waals surface area contributed by atoms with Crippen molar-refractivity contribution in [2.75, 3.05) is 25.7 Å². The molecule has 0 N–H and O–H groups in total. The maximum atomic E-state index is 14.6. The molecule has 3 heterocycles. The van der Waals surface area contributed by atoms with Gasteiger partial charge in [0.1, 0.15) is 10.7 Å². The number of carbonyl (C=O) groups is 1. The number of pyridine rings is 2. The zero-order valence-electron chi connectivity index (χ0n) is 25.8. The van der Waals surface area contributed by atoms with Gasteiger partial charge in [-0.2, -0.15) is 8.42 Å². The second kappa shape index (κ2) is 11.8. The van der Waals surface area contributed by atoms with E-state index in [0.717, 1.165) is 33.2 Å². The van der Waals surface area contributed by atoms with Gasteiger partial charge in [-0.25, -0.2) is 4.79 Å². The Hall–Kier alpha value is -4.71. The number of ether oxygens (including phenoxy) is 1. The Balaban J connectivity index is 1.50. The first-order chi connectivity index (χ1) is 22.6. The number of fused-ring (bicyclic) bond motifs is 4. The average Bonchev–Trinajstić information content (AvgIpc) is 3.29. The van der Waals surface area contributed by atoms with Crippen LogP contribution in [-0.2, 0) is 25.6 Å². The number of carbonyl (C=O) groups excluding carboxylic acids is 1. The monoisotopic (exact) mass is 665 g/mol. The van der Waals surface area contributed by atoms with Crippen LogP contribution in [-0.4, -0.2) is 45.2 Å². The van der Waals surface area contributed by atoms with Crippen LogP contribution in [0.2, 0.25) is 5.02 Å². The lowest BCUT2D eigenvalue weighted by Gasteiger charge is -2.28. The van der Waals surface area contributed by atoms with Crippen LogP contribution in [0, 0.1) is 6.92 Å². The molecule has 1 atom stereocenters. The summed E-state index contributed by atoms with van der Waals surface area (Å²) in [7, 11) is -1.37. The summed E-state index contributed by atoms with van der Waals surface area (Å²) in [5, 5.41) is 1.64. The number of anilines is 1. The molecule has 0 fully saturated rings. The second-order valence-electron chi connectivity index (χ2n) is 11.5. The van der Waals surface area contributed by atoms with E-state index in [0.29, 0.717) is 29.6 Å². The SMILES string of the molecule is COCCc1ccc([N+]2(OS(=O)(=O)c3ccc(C)cc3)C(=O)N(C)c3cnc4ccc(-c5cnc6ccccc6c5)cc4c32)c(Cl)c1. The number of para-hydroxylation sites is 1. The van der Waals surface area contributed by atoms with Gasteiger partial charge in [-0.05, 0) is 75.9 Å². The molecule has 11 heteroatoms. The Bertz CT molecular complexity index is 2310. The number of urea groups is 1. The normalized spacial score (nSPS) is 16.3. The highest BCUT2D eigenvalue weighted by Gasteiger charge is 2.61. The van der Waals surface area contributed by atoms with Crippen LogP contribution in [0.3, 0.4) is 0 Å². The van der Waals surface area contributed by atoms with Crippen LogP contribution in [0.15, 0.2) is 108 Å². The van der Waals surface area contributed by atoms with Gasteiger partial charge in [0.15, 0.2) is 0 Å². The number of methoxy groups -OCH3 is 1. The standard InChI is InChI=1S/C36H30ClN4O5S/c1-23-8-12-28(13-9-23)47(43,44)46-41(34-15-10-24(16-17-45-3)18-30(34)37)35-29-20-25(27-19-26-6-4-5-7-31(26)38-21-27)11-14-32(29)39-22-33(35)40(2)36(41)42/h4-15,18-22H,16-17H2,1-3H3/q+1. The fraction of sp³-hybridized carbons (Fsp3) is 0.139. The minimum absolute atomic E-state index is 0.0985. The summed E-state index contributed by atoms with van der Waals surface area (Å²) in [5.74, 6) is 0. The molecule has 6 aromatic rings. The van der Waals surface area contributed by atoms with E-state index in [1.165, 1.54) is 17.0 Å². The summed E-state index contributed by atoms with van der Waals surface area (Å²) in [6, 6.07) is 26.2. The van der Waals surface area contributed by atoms with Crippen LogP contribution in [0.5, 0.6) is 0 Å². The minimum atomic E-state index is -4.55. The van der Waals surface area contributed by atoms with Gasteiger partial charge in [-0.3, -0.25) is 14.9 Å². The van der Waals surface area contributed by atoms with Crippen molar-refractivity contribution >= 4 is 66.6 Å². The molecule has 0 saturated carbocycles. The molecular weight excluding hydrogens is 636 g/mol. The van der Waals surface area contributed by atoms with Crippen LogP contribution in [0.25, 0.3) is 32.9 Å². The first-order valence-electron chi connectivity index (χ1n) is 14.9. The lowest BCUT2D eigenvalue weighted by Crippen LogP contribution is -2.51. The van der Waals surface area contributed by atoms with Crippen molar-refractivity contribution in [2.24, 2.45) is 0 Å². The first-order valence-corrected chi connectivity index (χ1v) is 16.7. The Labute approximate surface area is 277 Å². The summed E-state index contributed by atoms with van der Waals surface area (Å²) in [5.41, 5.74) is 5.57. The molecular formula is C36H30ClN4O5S+. The molecule has 4 aromatic carbocycles. The number of benzene rings is 4. The van der Waals surface area contributed by atoms with Gasteiger partial charge >= 0.3 is 16.1 Å². The fourth-order valence-corrected chi connectivity index (χ4v) is 7.36. The Morgan fingerprint density at radius 2 is 1.64 bits per heavy atom. The van der Waals surface area contributed by atoms with Crippen molar-refractivity contribution in [2.45, 2.75) is 18.2 Å². The molecule has 0 aliphatic carbocycles. The molecule has 2 aromatic heterocycles. The average molecular weight is 666 g/mol. The fourth-order valence-electron chi connectivity index (χ4n) is 5.97. The van der Waals surface area contributed by atoms with Gasteiger partial charge in [-0.1, -0.05) is 59.6 Å². The van der Waals surface area contributed by atoms with Crippen molar-refractivity contribution in [3.05, 3.63) is 120 Å². The summed E-state index contributed by atoms with van der Waals surface area (Å²) < 4.78 is 38.5. The van der Waals surface area contributed by atoms with Crippen LogP contribution in [0.1, 0.15) is 11.1 Å². The highest BCUT2D eigenvalue weighted by molar-refractivity contribution is 7.86. The van der Waals surface area contributed by atoms with E-state index in [1.54, 1.807) is 56.9 Å². The maximum Gasteiger partial charge on any atom is 0.468 e. The summed E-state index contributed by atoms with van der Waals surface area (Å²) in [6.07, 6.45) is 3.91. The molecule has 0 spiro atoms. The van der Waals surface area contributed by atoms with Crippen molar-refractivity contribution in [1.29, 1.82) is 0 Å². The zero-order valence-corrected chi connectivity index (χ0v) is 27.4. The lowest BCUT2D eigenvalue weighted by atomic mass is 10.0. The molecule has 0 radical (unpaired) electrons. The van der Waals surface area contributed by atoms with E-state index in [2.05, 4.69) is 9.97 Å². The third-order valence-electron chi connectivity index (χ3n) is 8.44. The number of halogens is 1. The van der Waals surface area contributed by atoms with Gasteiger partial charge in [0.25, 0.3) is 0 Å². The van der Waals surface area contributed by atoms with Gasteiger partial charge < -0.3 is 4.74 Å². The number of rotatable bonds is 8. The quantitative estimate of drug-likeness (QED) is 0.151. The molecule has 47 heavy (non-hydrogen) atoms. The van der Waals surface area contributed by atoms with Gasteiger partial charge in [-0.15, -0.1) is 0 Å². The highest BCUT2D eigenvalue weighted by atomic mass is 35.5. The summed E-state index contributed by atoms with van der Waals surface area (Å²) >= 11 is 6.96. The van der Waals surface area contributed by atoms with Crippen molar-refractivity contribution in [1.82, 2.24) is 14.6 Å². The third-order valence-corrected chi connectivity index (χ3v) is 10.0. The van der Waals surface area contributed by atoms with E-state index < -0.39 is 20.8 Å². The topological polar surface area (TPSA) is 98.7 Å². The highest BCUT2D eigenvalue weighted by Crippen LogP contribution is 2.54. The molecule has 0 bridgehead atoms. The zero-order chi connectivity index (χ0) is 32.9.